The SMILES string of the molecule is CCC(CC)Sc1ccc(O)c2ccccc12. The first-order valence-corrected chi connectivity index (χ1v) is 7.01. The zero-order valence-corrected chi connectivity index (χ0v) is 11.1. The minimum Gasteiger partial charge on any atom is -0.507 e. The van der Waals surface area contributed by atoms with E-state index in [4.69, 9.17) is 0 Å². The number of hydrogen-bond acceptors (Lipinski definition) is 2. The van der Waals surface area contributed by atoms with Gasteiger partial charge in [-0.15, -0.1) is 11.8 Å². The van der Waals surface area contributed by atoms with Gasteiger partial charge in [-0.2, -0.15) is 0 Å². The van der Waals surface area contributed by atoms with Crippen LogP contribution < -0.4 is 0 Å². The Hall–Kier alpha value is -1.15. The molecule has 0 saturated carbocycles. The second-order valence-electron chi connectivity index (χ2n) is 4.18. The first kappa shape index (κ1) is 12.3. The fourth-order valence-electron chi connectivity index (χ4n) is 1.99. The average Bonchev–Trinajstić information content (AvgIpc) is 2.38. The summed E-state index contributed by atoms with van der Waals surface area (Å²) in [6.45, 7) is 4.45. The number of phenols is 1. The molecule has 2 rings (SSSR count). The standard InChI is InChI=1S/C15H18OS/c1-3-11(4-2)17-15-10-9-14(16)12-7-5-6-8-13(12)15/h5-11,16H,3-4H2,1-2H3. The second kappa shape index (κ2) is 5.46. The molecule has 0 heterocycles. The lowest BCUT2D eigenvalue weighted by molar-refractivity contribution is 0.481. The first-order chi connectivity index (χ1) is 8.26. The Morgan fingerprint density at radius 2 is 1.65 bits per heavy atom. The van der Waals surface area contributed by atoms with Crippen LogP contribution in [-0.4, -0.2) is 10.4 Å². The number of phenolic OH excluding ortho intramolecular Hbond substituents is 1. The Kier molecular flexibility index (Phi) is 3.95. The molecule has 0 spiro atoms. The summed E-state index contributed by atoms with van der Waals surface area (Å²) in [6.07, 6.45) is 2.35. The molecule has 0 aliphatic heterocycles. The van der Waals surface area contributed by atoms with Crippen molar-refractivity contribution in [2.24, 2.45) is 0 Å². The van der Waals surface area contributed by atoms with Gasteiger partial charge in [0.2, 0.25) is 0 Å². The highest BCUT2D eigenvalue weighted by molar-refractivity contribution is 8.00. The molecule has 0 aromatic heterocycles. The van der Waals surface area contributed by atoms with Crippen molar-refractivity contribution in [2.75, 3.05) is 0 Å². The highest BCUT2D eigenvalue weighted by atomic mass is 32.2. The van der Waals surface area contributed by atoms with Crippen molar-refractivity contribution in [2.45, 2.75) is 36.8 Å². The van der Waals surface area contributed by atoms with Gasteiger partial charge in [0.25, 0.3) is 0 Å². The molecule has 2 heteroatoms. The summed E-state index contributed by atoms with van der Waals surface area (Å²) in [6, 6.07) is 11.9. The van der Waals surface area contributed by atoms with Crippen LogP contribution in [0.2, 0.25) is 0 Å². The van der Waals surface area contributed by atoms with Crippen LogP contribution in [0.1, 0.15) is 26.7 Å². The third-order valence-corrected chi connectivity index (χ3v) is 4.68. The van der Waals surface area contributed by atoms with Crippen LogP contribution in [0.25, 0.3) is 10.8 Å². The largest absolute Gasteiger partial charge is 0.507 e. The van der Waals surface area contributed by atoms with Crippen LogP contribution in [0.4, 0.5) is 0 Å². The van der Waals surface area contributed by atoms with Gasteiger partial charge in [0, 0.05) is 15.5 Å². The van der Waals surface area contributed by atoms with Crippen molar-refractivity contribution in [3.63, 3.8) is 0 Å². The van der Waals surface area contributed by atoms with E-state index < -0.39 is 0 Å². The van der Waals surface area contributed by atoms with Gasteiger partial charge in [0.1, 0.15) is 5.75 Å². The molecule has 2 aromatic carbocycles. The van der Waals surface area contributed by atoms with Gasteiger partial charge in [-0.25, -0.2) is 0 Å². The molecule has 0 aliphatic carbocycles. The molecular formula is C15H18OS. The molecule has 0 fully saturated rings. The molecule has 0 bridgehead atoms. The number of benzene rings is 2. The van der Waals surface area contributed by atoms with Crippen LogP contribution >= 0.6 is 11.8 Å². The predicted molar refractivity (Wildman–Crippen MR) is 75.8 cm³/mol. The summed E-state index contributed by atoms with van der Waals surface area (Å²) in [5.41, 5.74) is 0. The molecule has 17 heavy (non-hydrogen) atoms. The maximum atomic E-state index is 9.83. The fourth-order valence-corrected chi connectivity index (χ4v) is 3.14. The monoisotopic (exact) mass is 246 g/mol. The topological polar surface area (TPSA) is 20.2 Å². The molecule has 0 saturated heterocycles. The van der Waals surface area contributed by atoms with E-state index in [-0.39, 0.29) is 0 Å². The zero-order valence-electron chi connectivity index (χ0n) is 10.3. The third kappa shape index (κ3) is 2.58. The van der Waals surface area contributed by atoms with Gasteiger partial charge in [0.05, 0.1) is 0 Å². The number of rotatable bonds is 4. The van der Waals surface area contributed by atoms with Crippen molar-refractivity contribution < 1.29 is 5.11 Å². The number of thioether (sulfide) groups is 1. The molecule has 0 aliphatic rings. The molecule has 2 aromatic rings. The van der Waals surface area contributed by atoms with Crippen LogP contribution in [0.15, 0.2) is 41.3 Å². The molecule has 0 amide bonds. The quantitative estimate of drug-likeness (QED) is 0.780. The van der Waals surface area contributed by atoms with Gasteiger partial charge in [-0.3, -0.25) is 0 Å². The first-order valence-electron chi connectivity index (χ1n) is 6.13. The summed E-state index contributed by atoms with van der Waals surface area (Å²) in [7, 11) is 0. The van der Waals surface area contributed by atoms with Crippen molar-refractivity contribution in [1.29, 1.82) is 0 Å². The van der Waals surface area contributed by atoms with Crippen LogP contribution in [0.5, 0.6) is 5.75 Å². The Labute approximate surface area is 107 Å². The zero-order chi connectivity index (χ0) is 12.3. The maximum absolute atomic E-state index is 9.83. The Morgan fingerprint density at radius 1 is 1.00 bits per heavy atom. The van der Waals surface area contributed by atoms with E-state index in [2.05, 4.69) is 19.9 Å². The highest BCUT2D eigenvalue weighted by Gasteiger charge is 2.10. The highest BCUT2D eigenvalue weighted by Crippen LogP contribution is 2.36. The van der Waals surface area contributed by atoms with E-state index in [1.54, 1.807) is 6.07 Å². The lowest BCUT2D eigenvalue weighted by Crippen LogP contribution is -1.97. The molecule has 0 radical (unpaired) electrons. The number of hydrogen-bond donors (Lipinski definition) is 1. The maximum Gasteiger partial charge on any atom is 0.123 e. The fraction of sp³-hybridized carbons (Fsp3) is 0.333. The lowest BCUT2D eigenvalue weighted by Gasteiger charge is -2.14. The second-order valence-corrected chi connectivity index (χ2v) is 5.53. The van der Waals surface area contributed by atoms with Gasteiger partial charge in [-0.05, 0) is 30.4 Å². The summed E-state index contributed by atoms with van der Waals surface area (Å²) >= 11 is 1.92. The van der Waals surface area contributed by atoms with Crippen LogP contribution in [0, 0.1) is 0 Å². The normalized spacial score (nSPS) is 11.2. The van der Waals surface area contributed by atoms with Crippen LogP contribution in [0.3, 0.4) is 0 Å². The smallest absolute Gasteiger partial charge is 0.123 e. The molecular weight excluding hydrogens is 228 g/mol. The molecule has 90 valence electrons. The Morgan fingerprint density at radius 3 is 2.29 bits per heavy atom. The van der Waals surface area contributed by atoms with Crippen molar-refractivity contribution in [3.05, 3.63) is 36.4 Å². The number of aromatic hydroxyl groups is 1. The minimum atomic E-state index is 0.370. The molecule has 1 nitrogen and oxygen atoms in total. The summed E-state index contributed by atoms with van der Waals surface area (Å²) in [4.78, 5) is 1.27. The number of fused-ring (bicyclic) bond motifs is 1. The van der Waals surface area contributed by atoms with E-state index in [0.29, 0.717) is 11.0 Å². The summed E-state index contributed by atoms with van der Waals surface area (Å²) < 4.78 is 0. The van der Waals surface area contributed by atoms with Gasteiger partial charge in [-0.1, -0.05) is 38.1 Å². The van der Waals surface area contributed by atoms with E-state index in [9.17, 15) is 5.11 Å². The lowest BCUT2D eigenvalue weighted by atomic mass is 10.1. The van der Waals surface area contributed by atoms with E-state index in [1.807, 2.05) is 36.0 Å². The van der Waals surface area contributed by atoms with E-state index in [1.165, 1.54) is 17.7 Å². The minimum absolute atomic E-state index is 0.370. The average molecular weight is 246 g/mol. The summed E-state index contributed by atoms with van der Waals surface area (Å²) in [5, 5.41) is 12.6. The van der Waals surface area contributed by atoms with Gasteiger partial charge in [0.15, 0.2) is 0 Å². The van der Waals surface area contributed by atoms with Crippen molar-refractivity contribution in [3.8, 4) is 5.75 Å². The van der Waals surface area contributed by atoms with E-state index in [0.717, 1.165) is 10.8 Å². The Bertz CT molecular complexity index is 503. The molecule has 1 N–H and O–H groups in total. The van der Waals surface area contributed by atoms with Crippen molar-refractivity contribution >= 4 is 22.5 Å². The summed E-state index contributed by atoms with van der Waals surface area (Å²) in [5.74, 6) is 0.370. The third-order valence-electron chi connectivity index (χ3n) is 3.07. The molecule has 0 atom stereocenters. The van der Waals surface area contributed by atoms with Gasteiger partial charge < -0.3 is 5.11 Å². The van der Waals surface area contributed by atoms with Crippen molar-refractivity contribution in [1.82, 2.24) is 0 Å². The van der Waals surface area contributed by atoms with Crippen LogP contribution in [-0.2, 0) is 0 Å². The van der Waals surface area contributed by atoms with Gasteiger partial charge >= 0.3 is 0 Å². The molecule has 0 unspecified atom stereocenters. The van der Waals surface area contributed by atoms with E-state index >= 15 is 0 Å². The Balaban J connectivity index is 2.44. The predicted octanol–water partition coefficient (Wildman–Crippen LogP) is 4.83.